The van der Waals surface area contributed by atoms with E-state index in [9.17, 15) is 19.7 Å². The lowest BCUT2D eigenvalue weighted by Crippen LogP contribution is -2.69. The van der Waals surface area contributed by atoms with Gasteiger partial charge in [0.1, 0.15) is 12.1 Å². The average Bonchev–Trinajstić information content (AvgIpc) is 3.28. The number of thiol groups is 1. The third-order valence-corrected chi connectivity index (χ3v) is 6.88. The van der Waals surface area contributed by atoms with Gasteiger partial charge in [0.2, 0.25) is 5.91 Å². The molecule has 3 atom stereocenters. The number of nitro benzene ring substituents is 1. The molecule has 1 aromatic carbocycles. The van der Waals surface area contributed by atoms with Gasteiger partial charge in [-0.25, -0.2) is 4.79 Å². The standard InChI is InChI=1S/C19H26N4O5S/c1-18(20)15(29)11-22(19(18,2)16(24)21-9-3-4-10-21)17(25)28-12-13-5-7-14(8-6-13)23(26)27/h5-8,15,29H,3-4,9-12,20H2,1-2H3/t15-,18+,19+/m0/s1. The molecule has 3 rings (SSSR count). The van der Waals surface area contributed by atoms with E-state index < -0.39 is 27.3 Å². The Labute approximate surface area is 174 Å². The van der Waals surface area contributed by atoms with Gasteiger partial charge in [0.15, 0.2) is 0 Å². The zero-order valence-electron chi connectivity index (χ0n) is 16.5. The van der Waals surface area contributed by atoms with Crippen LogP contribution in [0.5, 0.6) is 0 Å². The molecule has 0 saturated carbocycles. The van der Waals surface area contributed by atoms with E-state index in [0.29, 0.717) is 18.7 Å². The minimum atomic E-state index is -1.28. The summed E-state index contributed by atoms with van der Waals surface area (Å²) < 4.78 is 5.42. The number of hydrogen-bond donors (Lipinski definition) is 2. The molecule has 0 unspecified atom stereocenters. The molecule has 0 radical (unpaired) electrons. The predicted molar refractivity (Wildman–Crippen MR) is 110 cm³/mol. The first-order chi connectivity index (χ1) is 13.6. The molecule has 1 aromatic rings. The molecule has 29 heavy (non-hydrogen) atoms. The van der Waals surface area contributed by atoms with Gasteiger partial charge >= 0.3 is 6.09 Å². The van der Waals surface area contributed by atoms with Crippen molar-refractivity contribution in [3.05, 3.63) is 39.9 Å². The number of hydrogen-bond acceptors (Lipinski definition) is 7. The Hall–Kier alpha value is -2.33. The summed E-state index contributed by atoms with van der Waals surface area (Å²) in [6, 6.07) is 5.75. The number of carbonyl (C=O) groups is 2. The summed E-state index contributed by atoms with van der Waals surface area (Å²) in [5.74, 6) is -0.191. The second kappa shape index (κ2) is 7.83. The number of benzene rings is 1. The monoisotopic (exact) mass is 422 g/mol. The summed E-state index contributed by atoms with van der Waals surface area (Å²) >= 11 is 4.54. The fourth-order valence-electron chi connectivity index (χ4n) is 3.93. The van der Waals surface area contributed by atoms with Crippen LogP contribution in [0.3, 0.4) is 0 Å². The van der Waals surface area contributed by atoms with Gasteiger partial charge in [0.25, 0.3) is 5.69 Å². The average molecular weight is 423 g/mol. The summed E-state index contributed by atoms with van der Waals surface area (Å²) in [5.41, 5.74) is 4.75. The molecule has 9 nitrogen and oxygen atoms in total. The molecule has 2 fully saturated rings. The molecule has 2 saturated heterocycles. The zero-order chi connectivity index (χ0) is 21.4. The maximum atomic E-state index is 13.3. The lowest BCUT2D eigenvalue weighted by Gasteiger charge is -2.43. The molecular weight excluding hydrogens is 396 g/mol. The van der Waals surface area contributed by atoms with Crippen LogP contribution in [-0.4, -0.2) is 62.7 Å². The van der Waals surface area contributed by atoms with Crippen molar-refractivity contribution < 1.29 is 19.2 Å². The van der Waals surface area contributed by atoms with Gasteiger partial charge in [0, 0.05) is 37.0 Å². The Kier molecular flexibility index (Phi) is 5.77. The third-order valence-electron chi connectivity index (χ3n) is 6.18. The Morgan fingerprint density at radius 3 is 2.41 bits per heavy atom. The van der Waals surface area contributed by atoms with Crippen molar-refractivity contribution in [2.75, 3.05) is 19.6 Å². The molecule has 2 amide bonds. The summed E-state index contributed by atoms with van der Waals surface area (Å²) in [6.07, 6.45) is 1.20. The normalized spacial score (nSPS) is 29.2. The highest BCUT2D eigenvalue weighted by Crippen LogP contribution is 2.41. The van der Waals surface area contributed by atoms with E-state index in [-0.39, 0.29) is 24.7 Å². The van der Waals surface area contributed by atoms with E-state index in [1.165, 1.54) is 29.2 Å². The lowest BCUT2D eigenvalue weighted by atomic mass is 9.79. The summed E-state index contributed by atoms with van der Waals surface area (Å²) in [5, 5.41) is 10.3. The van der Waals surface area contributed by atoms with Crippen molar-refractivity contribution >= 4 is 30.3 Å². The quantitative estimate of drug-likeness (QED) is 0.435. The van der Waals surface area contributed by atoms with Crippen LogP contribution in [0.25, 0.3) is 0 Å². The zero-order valence-corrected chi connectivity index (χ0v) is 17.4. The van der Waals surface area contributed by atoms with Gasteiger partial charge in [-0.15, -0.1) is 0 Å². The predicted octanol–water partition coefficient (Wildman–Crippen LogP) is 1.94. The molecule has 0 spiro atoms. The van der Waals surface area contributed by atoms with E-state index >= 15 is 0 Å². The van der Waals surface area contributed by atoms with Gasteiger partial charge in [-0.1, -0.05) is 0 Å². The van der Waals surface area contributed by atoms with Gasteiger partial charge in [-0.2, -0.15) is 12.6 Å². The largest absolute Gasteiger partial charge is 0.445 e. The fourth-order valence-corrected chi connectivity index (χ4v) is 4.34. The van der Waals surface area contributed by atoms with Crippen molar-refractivity contribution in [2.45, 2.75) is 49.6 Å². The Morgan fingerprint density at radius 2 is 1.86 bits per heavy atom. The minimum Gasteiger partial charge on any atom is -0.445 e. The molecule has 2 aliphatic rings. The van der Waals surface area contributed by atoms with E-state index in [0.717, 1.165) is 12.8 Å². The van der Waals surface area contributed by atoms with E-state index in [1.54, 1.807) is 18.7 Å². The summed E-state index contributed by atoms with van der Waals surface area (Å²) in [7, 11) is 0. The molecule has 0 aliphatic carbocycles. The maximum Gasteiger partial charge on any atom is 0.411 e. The number of nitrogens with two attached hydrogens (primary N) is 1. The van der Waals surface area contributed by atoms with Crippen molar-refractivity contribution in [1.82, 2.24) is 9.80 Å². The number of ether oxygens (including phenoxy) is 1. The number of likely N-dealkylation sites (tertiary alicyclic amines) is 2. The molecule has 10 heteroatoms. The second-order valence-corrected chi connectivity index (χ2v) is 8.58. The molecule has 0 bridgehead atoms. The van der Waals surface area contributed by atoms with Crippen molar-refractivity contribution in [3.8, 4) is 0 Å². The first-order valence-electron chi connectivity index (χ1n) is 9.53. The van der Waals surface area contributed by atoms with Gasteiger partial charge in [0.05, 0.1) is 10.5 Å². The number of non-ortho nitro benzene ring substituents is 1. The molecule has 2 aliphatic heterocycles. The maximum absolute atomic E-state index is 13.3. The van der Waals surface area contributed by atoms with Gasteiger partial charge in [-0.05, 0) is 44.4 Å². The highest BCUT2D eigenvalue weighted by atomic mass is 32.1. The highest BCUT2D eigenvalue weighted by molar-refractivity contribution is 7.81. The molecular formula is C19H26N4O5S. The molecule has 2 N–H and O–H groups in total. The van der Waals surface area contributed by atoms with Crippen molar-refractivity contribution in [2.24, 2.45) is 5.73 Å². The SMILES string of the molecule is C[C@]1(C(=O)N2CCCC2)N(C(=O)OCc2ccc([N+](=O)[O-])cc2)C[C@H](S)[C@@]1(C)N. The van der Waals surface area contributed by atoms with Crippen molar-refractivity contribution in [3.63, 3.8) is 0 Å². The topological polar surface area (TPSA) is 119 Å². The summed E-state index contributed by atoms with van der Waals surface area (Å²) in [4.78, 5) is 39.6. The van der Waals surface area contributed by atoms with Crippen LogP contribution in [0.4, 0.5) is 10.5 Å². The van der Waals surface area contributed by atoms with E-state index in [1.807, 2.05) is 0 Å². The number of amides is 2. The van der Waals surface area contributed by atoms with Crippen LogP contribution in [0.2, 0.25) is 0 Å². The number of nitrogens with zero attached hydrogens (tertiary/aromatic N) is 3. The van der Waals surface area contributed by atoms with Crippen LogP contribution in [0, 0.1) is 10.1 Å². The Balaban J connectivity index is 1.76. The number of carbonyl (C=O) groups excluding carboxylic acids is 2. The second-order valence-electron chi connectivity index (χ2n) is 7.96. The lowest BCUT2D eigenvalue weighted by molar-refractivity contribution is -0.384. The first kappa shape index (κ1) is 21.4. The highest BCUT2D eigenvalue weighted by Gasteiger charge is 2.63. The third kappa shape index (κ3) is 3.66. The number of nitro groups is 1. The smallest absolute Gasteiger partial charge is 0.411 e. The number of rotatable bonds is 4. The van der Waals surface area contributed by atoms with Crippen LogP contribution >= 0.6 is 12.6 Å². The molecule has 0 aromatic heterocycles. The van der Waals surface area contributed by atoms with Gasteiger partial charge in [-0.3, -0.25) is 19.8 Å². The minimum absolute atomic E-state index is 0.0415. The summed E-state index contributed by atoms with van der Waals surface area (Å²) in [6.45, 7) is 4.82. The van der Waals surface area contributed by atoms with Crippen LogP contribution in [-0.2, 0) is 16.1 Å². The van der Waals surface area contributed by atoms with Crippen LogP contribution in [0.1, 0.15) is 32.3 Å². The van der Waals surface area contributed by atoms with E-state index in [2.05, 4.69) is 12.6 Å². The van der Waals surface area contributed by atoms with Gasteiger partial charge < -0.3 is 15.4 Å². The van der Waals surface area contributed by atoms with Crippen molar-refractivity contribution in [1.29, 1.82) is 0 Å². The Morgan fingerprint density at radius 1 is 1.28 bits per heavy atom. The Bertz CT molecular complexity index is 809. The fraction of sp³-hybridized carbons (Fsp3) is 0.579. The van der Waals surface area contributed by atoms with E-state index in [4.69, 9.17) is 10.5 Å². The first-order valence-corrected chi connectivity index (χ1v) is 10.0. The van der Waals surface area contributed by atoms with Crippen LogP contribution < -0.4 is 5.73 Å². The molecule has 158 valence electrons. The molecule has 2 heterocycles. The van der Waals surface area contributed by atoms with Crippen LogP contribution in [0.15, 0.2) is 24.3 Å².